The van der Waals surface area contributed by atoms with E-state index in [2.05, 4.69) is 56.7 Å². The third-order valence-electron chi connectivity index (χ3n) is 4.03. The average molecular weight is 343 g/mol. The Bertz CT molecular complexity index is 430. The van der Waals surface area contributed by atoms with E-state index >= 15 is 0 Å². The fraction of sp³-hybridized carbons (Fsp3) is 0.800. The van der Waals surface area contributed by atoms with E-state index in [1.165, 1.54) is 36.0 Å². The maximum Gasteiger partial charge on any atom is 0.0739 e. The second-order valence-corrected chi connectivity index (χ2v) is 6.48. The minimum absolute atomic E-state index is 0.639. The molecule has 0 aromatic carbocycles. The maximum atomic E-state index is 4.60. The van der Waals surface area contributed by atoms with Gasteiger partial charge in [0.1, 0.15) is 0 Å². The van der Waals surface area contributed by atoms with Crippen molar-refractivity contribution in [2.75, 3.05) is 19.6 Å². The quantitative estimate of drug-likeness (QED) is 0.892. The predicted molar refractivity (Wildman–Crippen MR) is 86.9 cm³/mol. The number of halogens is 1. The van der Waals surface area contributed by atoms with Gasteiger partial charge in [-0.05, 0) is 55.7 Å². The van der Waals surface area contributed by atoms with Crippen LogP contribution in [-0.4, -0.2) is 40.4 Å². The minimum atomic E-state index is 0.639. The first-order valence-corrected chi connectivity index (χ1v) is 8.62. The highest BCUT2D eigenvalue weighted by molar-refractivity contribution is 9.10. The summed E-state index contributed by atoms with van der Waals surface area (Å²) in [6.07, 6.45) is 3.75. The number of hydrogen-bond acceptors (Lipinski definition) is 3. The van der Waals surface area contributed by atoms with Crippen LogP contribution in [0, 0.1) is 6.92 Å². The number of rotatable bonds is 5. The van der Waals surface area contributed by atoms with Gasteiger partial charge in [-0.25, -0.2) is 0 Å². The molecule has 1 aromatic rings. The lowest BCUT2D eigenvalue weighted by atomic mass is 10.1. The summed E-state index contributed by atoms with van der Waals surface area (Å²) in [7, 11) is 0. The van der Waals surface area contributed by atoms with Crippen molar-refractivity contribution in [2.45, 2.75) is 59.2 Å². The normalized spacial score (nSPS) is 21.1. The van der Waals surface area contributed by atoms with Gasteiger partial charge in [0.15, 0.2) is 0 Å². The zero-order chi connectivity index (χ0) is 14.5. The summed E-state index contributed by atoms with van der Waals surface area (Å²) < 4.78 is 3.32. The van der Waals surface area contributed by atoms with Crippen LogP contribution >= 0.6 is 15.9 Å². The molecule has 1 atom stereocenters. The molecule has 2 heterocycles. The number of hydrogen-bond donors (Lipinski definition) is 1. The highest BCUT2D eigenvalue weighted by atomic mass is 79.9. The molecule has 0 saturated carbocycles. The molecule has 1 fully saturated rings. The largest absolute Gasteiger partial charge is 0.313 e. The number of nitrogens with zero attached hydrogens (tertiary/aromatic N) is 3. The van der Waals surface area contributed by atoms with E-state index in [0.29, 0.717) is 6.04 Å². The summed E-state index contributed by atoms with van der Waals surface area (Å²) in [4.78, 5) is 2.58. The highest BCUT2D eigenvalue weighted by Gasteiger charge is 2.20. The Balaban J connectivity index is 2.07. The summed E-state index contributed by atoms with van der Waals surface area (Å²) in [6.45, 7) is 11.9. The SMILES string of the molecule is CCCC1CN(Cc2c(Br)c(C)nn2CC)CCCN1. The van der Waals surface area contributed by atoms with Gasteiger partial charge in [-0.2, -0.15) is 5.10 Å². The molecule has 0 spiro atoms. The molecule has 1 aliphatic rings. The Morgan fingerprint density at radius 3 is 2.90 bits per heavy atom. The minimum Gasteiger partial charge on any atom is -0.313 e. The Kier molecular flexibility index (Phi) is 6.05. The zero-order valence-corrected chi connectivity index (χ0v) is 14.5. The lowest BCUT2D eigenvalue weighted by molar-refractivity contribution is 0.247. The smallest absolute Gasteiger partial charge is 0.0739 e. The molecule has 0 radical (unpaired) electrons. The van der Waals surface area contributed by atoms with Crippen LogP contribution in [0.25, 0.3) is 0 Å². The van der Waals surface area contributed by atoms with E-state index < -0.39 is 0 Å². The standard InChI is InChI=1S/C15H27BrN4/c1-4-7-13-10-19(9-6-8-17-13)11-14-15(16)12(3)18-20(14)5-2/h13,17H,4-11H2,1-3H3. The van der Waals surface area contributed by atoms with Crippen LogP contribution in [0.3, 0.4) is 0 Å². The van der Waals surface area contributed by atoms with Gasteiger partial charge in [0.05, 0.1) is 15.9 Å². The van der Waals surface area contributed by atoms with Crippen molar-refractivity contribution in [3.05, 3.63) is 15.9 Å². The first-order chi connectivity index (χ1) is 9.65. The predicted octanol–water partition coefficient (Wildman–Crippen LogP) is 2.94. The third-order valence-corrected chi connectivity index (χ3v) is 5.06. The molecule has 0 bridgehead atoms. The first-order valence-electron chi connectivity index (χ1n) is 7.83. The van der Waals surface area contributed by atoms with Crippen LogP contribution in [-0.2, 0) is 13.1 Å². The monoisotopic (exact) mass is 342 g/mol. The van der Waals surface area contributed by atoms with Gasteiger partial charge in [-0.1, -0.05) is 13.3 Å². The summed E-state index contributed by atoms with van der Waals surface area (Å²) in [5.41, 5.74) is 2.42. The molecule has 1 N–H and O–H groups in total. The van der Waals surface area contributed by atoms with E-state index in [9.17, 15) is 0 Å². The summed E-state index contributed by atoms with van der Waals surface area (Å²) in [5, 5.41) is 8.27. The van der Waals surface area contributed by atoms with Gasteiger partial charge >= 0.3 is 0 Å². The maximum absolute atomic E-state index is 4.60. The van der Waals surface area contributed by atoms with Crippen LogP contribution < -0.4 is 5.32 Å². The van der Waals surface area contributed by atoms with Crippen molar-refractivity contribution in [2.24, 2.45) is 0 Å². The number of nitrogens with one attached hydrogen (secondary N) is 1. The van der Waals surface area contributed by atoms with Gasteiger partial charge in [0.25, 0.3) is 0 Å². The van der Waals surface area contributed by atoms with Crippen LogP contribution in [0.4, 0.5) is 0 Å². The van der Waals surface area contributed by atoms with E-state index in [1.807, 2.05) is 0 Å². The second kappa shape index (κ2) is 7.57. The van der Waals surface area contributed by atoms with Crippen LogP contribution in [0.15, 0.2) is 4.47 Å². The lowest BCUT2D eigenvalue weighted by Crippen LogP contribution is -2.37. The molecule has 0 amide bonds. The molecular weight excluding hydrogens is 316 g/mol. The zero-order valence-electron chi connectivity index (χ0n) is 13.0. The number of aryl methyl sites for hydroxylation is 2. The molecule has 1 unspecified atom stereocenters. The van der Waals surface area contributed by atoms with Gasteiger partial charge < -0.3 is 5.32 Å². The molecule has 20 heavy (non-hydrogen) atoms. The number of aromatic nitrogens is 2. The van der Waals surface area contributed by atoms with Crippen molar-refractivity contribution < 1.29 is 0 Å². The van der Waals surface area contributed by atoms with Gasteiger partial charge in [0.2, 0.25) is 0 Å². The van der Waals surface area contributed by atoms with Crippen LogP contribution in [0.5, 0.6) is 0 Å². The first kappa shape index (κ1) is 16.0. The Hall–Kier alpha value is -0.390. The van der Waals surface area contributed by atoms with Crippen molar-refractivity contribution in [3.8, 4) is 0 Å². The Morgan fingerprint density at radius 2 is 2.20 bits per heavy atom. The van der Waals surface area contributed by atoms with E-state index in [-0.39, 0.29) is 0 Å². The molecule has 0 aliphatic carbocycles. The van der Waals surface area contributed by atoms with E-state index in [4.69, 9.17) is 0 Å². The second-order valence-electron chi connectivity index (χ2n) is 5.69. The van der Waals surface area contributed by atoms with Crippen molar-refractivity contribution >= 4 is 15.9 Å². The average Bonchev–Trinajstić information content (AvgIpc) is 2.61. The summed E-state index contributed by atoms with van der Waals surface area (Å²) in [6, 6.07) is 0.639. The van der Waals surface area contributed by atoms with Gasteiger partial charge in [0, 0.05) is 25.7 Å². The van der Waals surface area contributed by atoms with Crippen LogP contribution in [0.2, 0.25) is 0 Å². The summed E-state index contributed by atoms with van der Waals surface area (Å²) >= 11 is 3.71. The Labute approximate surface area is 131 Å². The molecule has 1 aliphatic heterocycles. The third kappa shape index (κ3) is 3.83. The summed E-state index contributed by atoms with van der Waals surface area (Å²) in [5.74, 6) is 0. The fourth-order valence-electron chi connectivity index (χ4n) is 2.99. The van der Waals surface area contributed by atoms with Crippen LogP contribution in [0.1, 0.15) is 44.5 Å². The van der Waals surface area contributed by atoms with Crippen molar-refractivity contribution in [1.29, 1.82) is 0 Å². The molecular formula is C15H27BrN4. The molecule has 5 heteroatoms. The lowest BCUT2D eigenvalue weighted by Gasteiger charge is -2.24. The van der Waals surface area contributed by atoms with E-state index in [1.54, 1.807) is 0 Å². The molecule has 2 rings (SSSR count). The van der Waals surface area contributed by atoms with Gasteiger partial charge in [-0.3, -0.25) is 9.58 Å². The Morgan fingerprint density at radius 1 is 1.40 bits per heavy atom. The van der Waals surface area contributed by atoms with Crippen molar-refractivity contribution in [1.82, 2.24) is 20.0 Å². The molecule has 4 nitrogen and oxygen atoms in total. The molecule has 1 saturated heterocycles. The van der Waals surface area contributed by atoms with Crippen molar-refractivity contribution in [3.63, 3.8) is 0 Å². The fourth-order valence-corrected chi connectivity index (χ4v) is 3.40. The van der Waals surface area contributed by atoms with E-state index in [0.717, 1.165) is 31.9 Å². The molecule has 114 valence electrons. The molecule has 1 aromatic heterocycles. The topological polar surface area (TPSA) is 33.1 Å². The highest BCUT2D eigenvalue weighted by Crippen LogP contribution is 2.23. The van der Waals surface area contributed by atoms with Gasteiger partial charge in [-0.15, -0.1) is 0 Å².